The van der Waals surface area contributed by atoms with Gasteiger partial charge < -0.3 is 15.2 Å². The molecule has 0 saturated heterocycles. The van der Waals surface area contributed by atoms with E-state index in [1.54, 1.807) is 11.9 Å². The van der Waals surface area contributed by atoms with Crippen molar-refractivity contribution in [2.24, 2.45) is 5.73 Å². The van der Waals surface area contributed by atoms with Gasteiger partial charge >= 0.3 is 0 Å². The molecule has 20 heavy (non-hydrogen) atoms. The molecule has 1 aromatic heterocycles. The monoisotopic (exact) mass is 296 g/mol. The maximum absolute atomic E-state index is 11.9. The molecule has 0 unspecified atom stereocenters. The first-order valence-corrected chi connectivity index (χ1v) is 7.37. The fraction of sp³-hybridized carbons (Fsp3) is 0.667. The number of nitrogens with zero attached hydrogens (tertiary/aromatic N) is 5. The second-order valence-corrected chi connectivity index (χ2v) is 5.52. The predicted molar refractivity (Wildman–Crippen MR) is 76.9 cm³/mol. The van der Waals surface area contributed by atoms with Crippen molar-refractivity contribution in [2.45, 2.75) is 38.0 Å². The van der Waals surface area contributed by atoms with E-state index in [-0.39, 0.29) is 17.7 Å². The van der Waals surface area contributed by atoms with Gasteiger partial charge in [-0.3, -0.25) is 4.79 Å². The molecule has 0 spiro atoms. The predicted octanol–water partition coefficient (Wildman–Crippen LogP) is 0.782. The Morgan fingerprint density at radius 2 is 2.25 bits per heavy atom. The molecule has 0 aliphatic carbocycles. The molecule has 8 heteroatoms. The van der Waals surface area contributed by atoms with E-state index in [0.717, 1.165) is 0 Å². The number of nitrogens with two attached hydrogens (primary N) is 1. The molecule has 0 atom stereocenters. The Balaban J connectivity index is 2.64. The normalized spacial score (nSPS) is 10.6. The van der Waals surface area contributed by atoms with Crippen LogP contribution in [0.5, 0.6) is 0 Å². The minimum absolute atomic E-state index is 0.0298. The standard InChI is InChI=1S/C12H20N6OS/c1-9(2)18-10(7-14)15-16-12(18)20-8-11(19)17(3)6-4-5-13/h9H,4,6-8,14H2,1-3H3. The summed E-state index contributed by atoms with van der Waals surface area (Å²) in [6, 6.07) is 2.21. The molecule has 0 fully saturated rings. The minimum atomic E-state index is -0.0298. The topological polar surface area (TPSA) is 101 Å². The molecule has 0 aliphatic heterocycles. The zero-order chi connectivity index (χ0) is 15.1. The third-order valence-corrected chi connectivity index (χ3v) is 3.67. The fourth-order valence-corrected chi connectivity index (χ4v) is 2.67. The van der Waals surface area contributed by atoms with E-state index < -0.39 is 0 Å². The quantitative estimate of drug-likeness (QED) is 0.746. The molecular weight excluding hydrogens is 276 g/mol. The van der Waals surface area contributed by atoms with Crippen LogP contribution < -0.4 is 5.73 Å². The molecule has 0 aromatic carbocycles. The van der Waals surface area contributed by atoms with Crippen molar-refractivity contribution in [1.82, 2.24) is 19.7 Å². The largest absolute Gasteiger partial charge is 0.344 e. The molecule has 1 rings (SSSR count). The lowest BCUT2D eigenvalue weighted by atomic mass is 10.4. The summed E-state index contributed by atoms with van der Waals surface area (Å²) in [5.74, 6) is 0.961. The van der Waals surface area contributed by atoms with E-state index >= 15 is 0 Å². The number of carbonyl (C=O) groups is 1. The summed E-state index contributed by atoms with van der Waals surface area (Å²) in [7, 11) is 1.69. The SMILES string of the molecule is CC(C)n1c(CN)nnc1SCC(=O)N(C)CCC#N. The first-order chi connectivity index (χ1) is 9.51. The molecule has 1 heterocycles. The number of hydrogen-bond donors (Lipinski definition) is 1. The van der Waals surface area contributed by atoms with Crippen LogP contribution in [0.4, 0.5) is 0 Å². The molecule has 0 radical (unpaired) electrons. The van der Waals surface area contributed by atoms with Crippen LogP contribution in [0, 0.1) is 11.3 Å². The highest BCUT2D eigenvalue weighted by Gasteiger charge is 2.16. The van der Waals surface area contributed by atoms with E-state index in [9.17, 15) is 4.79 Å². The van der Waals surface area contributed by atoms with Gasteiger partial charge in [0.2, 0.25) is 5.91 Å². The summed E-state index contributed by atoms with van der Waals surface area (Å²) >= 11 is 1.34. The molecule has 0 aliphatic rings. The van der Waals surface area contributed by atoms with E-state index in [1.165, 1.54) is 11.8 Å². The van der Waals surface area contributed by atoms with Crippen LogP contribution in [-0.4, -0.2) is 44.9 Å². The van der Waals surface area contributed by atoms with E-state index in [1.807, 2.05) is 24.5 Å². The first-order valence-electron chi connectivity index (χ1n) is 6.38. The molecule has 110 valence electrons. The van der Waals surface area contributed by atoms with E-state index in [4.69, 9.17) is 11.0 Å². The summed E-state index contributed by atoms with van der Waals surface area (Å²) in [5, 5.41) is 17.3. The number of aromatic nitrogens is 3. The number of amides is 1. The number of hydrogen-bond acceptors (Lipinski definition) is 6. The van der Waals surface area contributed by atoms with Crippen LogP contribution in [-0.2, 0) is 11.3 Å². The van der Waals surface area contributed by atoms with Gasteiger partial charge in [0.25, 0.3) is 0 Å². The van der Waals surface area contributed by atoms with Crippen LogP contribution in [0.2, 0.25) is 0 Å². The zero-order valence-corrected chi connectivity index (χ0v) is 12.9. The summed E-state index contributed by atoms with van der Waals surface area (Å²) in [4.78, 5) is 13.4. The summed E-state index contributed by atoms with van der Waals surface area (Å²) < 4.78 is 1.94. The zero-order valence-electron chi connectivity index (χ0n) is 12.0. The Hall–Kier alpha value is -1.59. The average Bonchev–Trinajstić information content (AvgIpc) is 2.85. The lowest BCUT2D eigenvalue weighted by molar-refractivity contribution is -0.127. The van der Waals surface area contributed by atoms with Gasteiger partial charge in [-0.05, 0) is 13.8 Å². The van der Waals surface area contributed by atoms with Crippen molar-refractivity contribution in [1.29, 1.82) is 5.26 Å². The first kappa shape index (κ1) is 16.5. The van der Waals surface area contributed by atoms with Crippen molar-refractivity contribution >= 4 is 17.7 Å². The van der Waals surface area contributed by atoms with Gasteiger partial charge in [-0.15, -0.1) is 10.2 Å². The highest BCUT2D eigenvalue weighted by molar-refractivity contribution is 7.99. The fourth-order valence-electron chi connectivity index (χ4n) is 1.64. The van der Waals surface area contributed by atoms with E-state index in [0.29, 0.717) is 30.5 Å². The molecular formula is C12H20N6OS. The van der Waals surface area contributed by atoms with Gasteiger partial charge in [0, 0.05) is 19.6 Å². The molecule has 0 saturated carbocycles. The lowest BCUT2D eigenvalue weighted by Crippen LogP contribution is -2.29. The number of thioether (sulfide) groups is 1. The minimum Gasteiger partial charge on any atom is -0.344 e. The van der Waals surface area contributed by atoms with Gasteiger partial charge in [0.05, 0.1) is 24.8 Å². The van der Waals surface area contributed by atoms with Gasteiger partial charge in [-0.1, -0.05) is 11.8 Å². The number of rotatable bonds is 7. The molecule has 0 bridgehead atoms. The van der Waals surface area contributed by atoms with E-state index in [2.05, 4.69) is 10.2 Å². The van der Waals surface area contributed by atoms with Gasteiger partial charge in [-0.2, -0.15) is 5.26 Å². The van der Waals surface area contributed by atoms with Crippen molar-refractivity contribution < 1.29 is 4.79 Å². The average molecular weight is 296 g/mol. The number of carbonyl (C=O) groups excluding carboxylic acids is 1. The Morgan fingerprint density at radius 1 is 1.55 bits per heavy atom. The second-order valence-electron chi connectivity index (χ2n) is 4.58. The third-order valence-electron chi connectivity index (χ3n) is 2.74. The lowest BCUT2D eigenvalue weighted by Gasteiger charge is -2.16. The Kier molecular flexibility index (Phi) is 6.48. The van der Waals surface area contributed by atoms with Gasteiger partial charge in [0.15, 0.2) is 5.16 Å². The maximum atomic E-state index is 11.9. The highest BCUT2D eigenvalue weighted by Crippen LogP contribution is 2.21. The van der Waals surface area contributed by atoms with Crippen molar-refractivity contribution in [3.63, 3.8) is 0 Å². The molecule has 1 aromatic rings. The van der Waals surface area contributed by atoms with Crippen LogP contribution in [0.15, 0.2) is 5.16 Å². The van der Waals surface area contributed by atoms with Crippen LogP contribution in [0.1, 0.15) is 32.1 Å². The van der Waals surface area contributed by atoms with Crippen LogP contribution in [0.25, 0.3) is 0 Å². The van der Waals surface area contributed by atoms with Gasteiger partial charge in [-0.25, -0.2) is 0 Å². The summed E-state index contributed by atoms with van der Waals surface area (Å²) in [6.07, 6.45) is 0.340. The van der Waals surface area contributed by atoms with Crippen LogP contribution >= 0.6 is 11.8 Å². The van der Waals surface area contributed by atoms with Crippen molar-refractivity contribution in [2.75, 3.05) is 19.3 Å². The maximum Gasteiger partial charge on any atom is 0.232 e. The Bertz CT molecular complexity index is 493. The van der Waals surface area contributed by atoms with Crippen LogP contribution in [0.3, 0.4) is 0 Å². The summed E-state index contributed by atoms with van der Waals surface area (Å²) in [6.45, 7) is 4.81. The smallest absolute Gasteiger partial charge is 0.232 e. The number of nitriles is 1. The highest BCUT2D eigenvalue weighted by atomic mass is 32.2. The van der Waals surface area contributed by atoms with Gasteiger partial charge in [0.1, 0.15) is 5.82 Å². The molecule has 1 amide bonds. The van der Waals surface area contributed by atoms with Crippen molar-refractivity contribution in [3.8, 4) is 6.07 Å². The summed E-state index contributed by atoms with van der Waals surface area (Å²) in [5.41, 5.74) is 5.62. The second kappa shape index (κ2) is 7.87. The Labute approximate surface area is 123 Å². The molecule has 2 N–H and O–H groups in total. The Morgan fingerprint density at radius 3 is 2.80 bits per heavy atom. The third kappa shape index (κ3) is 4.21. The molecule has 7 nitrogen and oxygen atoms in total. The van der Waals surface area contributed by atoms with Crippen molar-refractivity contribution in [3.05, 3.63) is 5.82 Å².